The van der Waals surface area contributed by atoms with Crippen LogP contribution in [0.4, 0.5) is 0 Å². The number of amides is 1. The first kappa shape index (κ1) is 14.6. The van der Waals surface area contributed by atoms with Gasteiger partial charge in [-0.1, -0.05) is 19.4 Å². The van der Waals surface area contributed by atoms with Crippen LogP contribution in [0, 0.1) is 5.92 Å². The van der Waals surface area contributed by atoms with Gasteiger partial charge in [-0.15, -0.1) is 11.6 Å². The number of nitrogens with one attached hydrogen (secondary N) is 1. The molecule has 1 aromatic carbocycles. The summed E-state index contributed by atoms with van der Waals surface area (Å²) in [6, 6.07) is 4.31. The van der Waals surface area contributed by atoms with Crippen LogP contribution >= 0.6 is 11.6 Å². The molecule has 0 aliphatic carbocycles. The lowest BCUT2D eigenvalue weighted by molar-refractivity contribution is 0.0943. The second kappa shape index (κ2) is 7.11. The quantitative estimate of drug-likeness (QED) is 0.550. The first-order valence-corrected chi connectivity index (χ1v) is 6.48. The predicted octanol–water partition coefficient (Wildman–Crippen LogP) is 2.48. The number of benzene rings is 1. The number of hydrogen-bond acceptors (Lipinski definition) is 3. The van der Waals surface area contributed by atoms with E-state index in [1.54, 1.807) is 0 Å². The van der Waals surface area contributed by atoms with Crippen molar-refractivity contribution in [2.45, 2.75) is 19.8 Å². The molecule has 1 unspecified atom stereocenters. The van der Waals surface area contributed by atoms with Crippen LogP contribution in [0.2, 0.25) is 0 Å². The van der Waals surface area contributed by atoms with Gasteiger partial charge in [-0.3, -0.25) is 4.79 Å². The van der Waals surface area contributed by atoms with Crippen LogP contribution in [0.3, 0.4) is 0 Å². The minimum absolute atomic E-state index is 0.0794. The fourth-order valence-corrected chi connectivity index (χ4v) is 1.96. The van der Waals surface area contributed by atoms with Crippen molar-refractivity contribution in [3.8, 4) is 11.5 Å². The standard InChI is InChI=1S/C13H18ClNO3/c1-2-9(6-7-14)8-15-13(18)10-4-3-5-11(16)12(10)17/h3-5,9,16-17H,2,6-8H2,1H3,(H,15,18). The SMILES string of the molecule is CCC(CCCl)CNC(=O)c1cccc(O)c1O. The molecule has 1 aromatic rings. The van der Waals surface area contributed by atoms with E-state index in [-0.39, 0.29) is 17.1 Å². The van der Waals surface area contributed by atoms with Crippen LogP contribution in [-0.4, -0.2) is 28.5 Å². The van der Waals surface area contributed by atoms with Gasteiger partial charge in [0.25, 0.3) is 5.91 Å². The van der Waals surface area contributed by atoms with Gasteiger partial charge in [-0.25, -0.2) is 0 Å². The van der Waals surface area contributed by atoms with Crippen LogP contribution in [0.25, 0.3) is 0 Å². The molecule has 0 aliphatic heterocycles. The number of alkyl halides is 1. The molecule has 1 rings (SSSR count). The molecule has 0 aromatic heterocycles. The van der Waals surface area contributed by atoms with Gasteiger partial charge in [0.05, 0.1) is 5.56 Å². The molecule has 0 heterocycles. The predicted molar refractivity (Wildman–Crippen MR) is 71.2 cm³/mol. The van der Waals surface area contributed by atoms with Gasteiger partial charge in [0.2, 0.25) is 0 Å². The smallest absolute Gasteiger partial charge is 0.255 e. The summed E-state index contributed by atoms with van der Waals surface area (Å²) in [7, 11) is 0. The van der Waals surface area contributed by atoms with Crippen LogP contribution < -0.4 is 5.32 Å². The third-order valence-electron chi connectivity index (χ3n) is 2.91. The highest BCUT2D eigenvalue weighted by atomic mass is 35.5. The Bertz CT molecular complexity index is 409. The van der Waals surface area contributed by atoms with E-state index in [1.165, 1.54) is 18.2 Å². The normalized spacial score (nSPS) is 12.1. The summed E-state index contributed by atoms with van der Waals surface area (Å²) in [4.78, 5) is 11.8. The largest absolute Gasteiger partial charge is 0.504 e. The van der Waals surface area contributed by atoms with Crippen LogP contribution in [-0.2, 0) is 0 Å². The molecule has 0 saturated heterocycles. The summed E-state index contributed by atoms with van der Waals surface area (Å²) >= 11 is 5.67. The Morgan fingerprint density at radius 3 is 2.78 bits per heavy atom. The van der Waals surface area contributed by atoms with Crippen molar-refractivity contribution in [2.75, 3.05) is 12.4 Å². The van der Waals surface area contributed by atoms with E-state index in [1.807, 2.05) is 6.92 Å². The van der Waals surface area contributed by atoms with E-state index in [0.717, 1.165) is 12.8 Å². The van der Waals surface area contributed by atoms with Gasteiger partial charge in [0, 0.05) is 12.4 Å². The molecule has 5 heteroatoms. The van der Waals surface area contributed by atoms with E-state index >= 15 is 0 Å². The second-order valence-corrected chi connectivity index (χ2v) is 4.51. The van der Waals surface area contributed by atoms with E-state index in [0.29, 0.717) is 18.3 Å². The molecular weight excluding hydrogens is 254 g/mol. The van der Waals surface area contributed by atoms with E-state index in [2.05, 4.69) is 5.32 Å². The van der Waals surface area contributed by atoms with Crippen molar-refractivity contribution in [3.05, 3.63) is 23.8 Å². The first-order valence-electron chi connectivity index (χ1n) is 5.95. The average Bonchev–Trinajstić information content (AvgIpc) is 2.37. The van der Waals surface area contributed by atoms with E-state index in [9.17, 15) is 15.0 Å². The molecule has 100 valence electrons. The van der Waals surface area contributed by atoms with Gasteiger partial charge >= 0.3 is 0 Å². The summed E-state index contributed by atoms with van der Waals surface area (Å²) in [5.74, 6) is -0.190. The zero-order chi connectivity index (χ0) is 13.5. The fraction of sp³-hybridized carbons (Fsp3) is 0.462. The van der Waals surface area contributed by atoms with Crippen LogP contribution in [0.1, 0.15) is 30.1 Å². The summed E-state index contributed by atoms with van der Waals surface area (Å²) in [6.07, 6.45) is 1.77. The lowest BCUT2D eigenvalue weighted by Crippen LogP contribution is -2.29. The molecule has 0 saturated carbocycles. The second-order valence-electron chi connectivity index (χ2n) is 4.14. The molecule has 0 spiro atoms. The average molecular weight is 272 g/mol. The highest BCUT2D eigenvalue weighted by Gasteiger charge is 2.15. The lowest BCUT2D eigenvalue weighted by Gasteiger charge is -2.14. The Morgan fingerprint density at radius 1 is 1.44 bits per heavy atom. The maximum Gasteiger partial charge on any atom is 0.255 e. The summed E-state index contributed by atoms with van der Waals surface area (Å²) in [5, 5.41) is 21.6. The summed E-state index contributed by atoms with van der Waals surface area (Å²) < 4.78 is 0. The van der Waals surface area contributed by atoms with Crippen molar-refractivity contribution in [2.24, 2.45) is 5.92 Å². The van der Waals surface area contributed by atoms with Crippen molar-refractivity contribution < 1.29 is 15.0 Å². The molecule has 0 aliphatic rings. The molecule has 0 radical (unpaired) electrons. The minimum atomic E-state index is -0.392. The molecular formula is C13H18ClNO3. The third-order valence-corrected chi connectivity index (χ3v) is 3.12. The third kappa shape index (κ3) is 3.81. The number of rotatable bonds is 6. The van der Waals surface area contributed by atoms with E-state index in [4.69, 9.17) is 11.6 Å². The number of phenols is 2. The number of carbonyl (C=O) groups is 1. The molecule has 1 amide bonds. The Balaban J connectivity index is 2.62. The van der Waals surface area contributed by atoms with Crippen molar-refractivity contribution in [3.63, 3.8) is 0 Å². The molecule has 0 bridgehead atoms. The van der Waals surface area contributed by atoms with Gasteiger partial charge in [-0.2, -0.15) is 0 Å². The van der Waals surface area contributed by atoms with Crippen LogP contribution in [0.5, 0.6) is 11.5 Å². The number of halogens is 1. The maximum absolute atomic E-state index is 11.8. The Morgan fingerprint density at radius 2 is 2.17 bits per heavy atom. The van der Waals surface area contributed by atoms with Gasteiger partial charge < -0.3 is 15.5 Å². The number of aromatic hydroxyl groups is 2. The Labute approximate surface area is 112 Å². The van der Waals surface area contributed by atoms with Crippen molar-refractivity contribution >= 4 is 17.5 Å². The Hall–Kier alpha value is -1.42. The van der Waals surface area contributed by atoms with Gasteiger partial charge in [-0.05, 0) is 24.5 Å². The summed E-state index contributed by atoms with van der Waals surface area (Å²) in [5.41, 5.74) is 0.0794. The topological polar surface area (TPSA) is 69.6 Å². The monoisotopic (exact) mass is 271 g/mol. The van der Waals surface area contributed by atoms with Gasteiger partial charge in [0.1, 0.15) is 0 Å². The molecule has 0 fully saturated rings. The highest BCUT2D eigenvalue weighted by Crippen LogP contribution is 2.27. The zero-order valence-corrected chi connectivity index (χ0v) is 11.1. The number of carbonyl (C=O) groups excluding carboxylic acids is 1. The van der Waals surface area contributed by atoms with Crippen molar-refractivity contribution in [1.82, 2.24) is 5.32 Å². The number of para-hydroxylation sites is 1. The Kier molecular flexibility index (Phi) is 5.78. The first-order chi connectivity index (χ1) is 8.60. The minimum Gasteiger partial charge on any atom is -0.504 e. The zero-order valence-electron chi connectivity index (χ0n) is 10.3. The lowest BCUT2D eigenvalue weighted by atomic mass is 10.0. The molecule has 18 heavy (non-hydrogen) atoms. The molecule has 4 nitrogen and oxygen atoms in total. The maximum atomic E-state index is 11.8. The fourth-order valence-electron chi connectivity index (χ4n) is 1.65. The molecule has 3 N–H and O–H groups in total. The van der Waals surface area contributed by atoms with Crippen LogP contribution in [0.15, 0.2) is 18.2 Å². The number of phenolic OH excluding ortho intramolecular Hbond substituents is 2. The molecule has 1 atom stereocenters. The van der Waals surface area contributed by atoms with Crippen molar-refractivity contribution in [1.29, 1.82) is 0 Å². The van der Waals surface area contributed by atoms with Gasteiger partial charge in [0.15, 0.2) is 11.5 Å². The number of hydrogen-bond donors (Lipinski definition) is 3. The highest BCUT2D eigenvalue weighted by molar-refractivity contribution is 6.17. The van der Waals surface area contributed by atoms with E-state index < -0.39 is 5.91 Å². The summed E-state index contributed by atoms with van der Waals surface area (Å²) in [6.45, 7) is 2.55.